The number of nitrogens with one attached hydrogen (secondary N) is 1. The highest BCUT2D eigenvalue weighted by Crippen LogP contribution is 1.76. The molecule has 0 aromatic heterocycles. The maximum Gasteiger partial charge on any atom is 0.0590 e. The van der Waals surface area contributed by atoms with Crippen molar-refractivity contribution >= 4 is 0 Å². The van der Waals surface area contributed by atoms with Crippen LogP contribution in [0.25, 0.3) is 0 Å². The Labute approximate surface area is 70.3 Å². The van der Waals surface area contributed by atoms with E-state index in [1.807, 2.05) is 20.9 Å². The van der Waals surface area contributed by atoms with Crippen LogP contribution in [0.5, 0.6) is 0 Å². The lowest BCUT2D eigenvalue weighted by atomic mass is 10.5. The normalized spacial score (nSPS) is 8.73. The van der Waals surface area contributed by atoms with E-state index >= 15 is 0 Å². The van der Waals surface area contributed by atoms with Crippen LogP contribution in [0, 0.1) is 0 Å². The minimum Gasteiger partial charge on any atom is -0.380 e. The van der Waals surface area contributed by atoms with Crippen molar-refractivity contribution in [3.05, 3.63) is 0 Å². The van der Waals surface area contributed by atoms with Gasteiger partial charge in [0.2, 0.25) is 0 Å². The predicted octanol–water partition coefficient (Wildman–Crippen LogP) is 0.597. The van der Waals surface area contributed by atoms with E-state index in [4.69, 9.17) is 10.5 Å². The Balaban J connectivity index is 0. The Bertz CT molecular complexity index is 45.4. The summed E-state index contributed by atoms with van der Waals surface area (Å²) in [6.45, 7) is 7.22. The van der Waals surface area contributed by atoms with Gasteiger partial charge in [0.25, 0.3) is 0 Å². The average molecular weight is 162 g/mol. The first kappa shape index (κ1) is 13.5. The second-order valence-corrected chi connectivity index (χ2v) is 1.86. The summed E-state index contributed by atoms with van der Waals surface area (Å²) in [5.41, 5.74) is 5.25. The molecular formula is C8H22N2O. The van der Waals surface area contributed by atoms with Crippen LogP contribution in [0.4, 0.5) is 0 Å². The molecule has 0 amide bonds. The second kappa shape index (κ2) is 16.5. The molecule has 0 heterocycles. The first-order valence-corrected chi connectivity index (χ1v) is 4.34. The van der Waals surface area contributed by atoms with Gasteiger partial charge in [-0.25, -0.2) is 0 Å². The van der Waals surface area contributed by atoms with Crippen molar-refractivity contribution < 1.29 is 4.74 Å². The molecule has 0 unspecified atom stereocenters. The van der Waals surface area contributed by atoms with Crippen molar-refractivity contribution in [1.82, 2.24) is 5.32 Å². The maximum absolute atomic E-state index is 5.25. The Morgan fingerprint density at radius 3 is 2.36 bits per heavy atom. The van der Waals surface area contributed by atoms with Crippen molar-refractivity contribution in [2.75, 3.05) is 33.4 Å². The lowest BCUT2D eigenvalue weighted by Gasteiger charge is -2.00. The highest BCUT2D eigenvalue weighted by atomic mass is 16.5. The largest absolute Gasteiger partial charge is 0.380 e. The summed E-state index contributed by atoms with van der Waals surface area (Å²) in [4.78, 5) is 0. The van der Waals surface area contributed by atoms with E-state index in [1.54, 1.807) is 0 Å². The monoisotopic (exact) mass is 162 g/mol. The van der Waals surface area contributed by atoms with E-state index in [9.17, 15) is 0 Å². The van der Waals surface area contributed by atoms with Gasteiger partial charge < -0.3 is 15.8 Å². The zero-order valence-electron chi connectivity index (χ0n) is 8.02. The zero-order chi connectivity index (χ0) is 8.95. The molecule has 11 heavy (non-hydrogen) atoms. The molecule has 0 aliphatic heterocycles. The molecule has 0 radical (unpaired) electrons. The number of likely N-dealkylation sites (N-methyl/N-ethyl adjacent to an activating group) is 1. The predicted molar refractivity (Wildman–Crippen MR) is 49.8 cm³/mol. The highest BCUT2D eigenvalue weighted by Gasteiger charge is 1.83. The molecule has 0 aromatic rings. The zero-order valence-corrected chi connectivity index (χ0v) is 8.02. The molecule has 0 rings (SSSR count). The molecule has 0 spiro atoms. The molecule has 70 valence electrons. The summed E-state index contributed by atoms with van der Waals surface area (Å²) in [5.74, 6) is 0. The average Bonchev–Trinajstić information content (AvgIpc) is 2.08. The fraction of sp³-hybridized carbons (Fsp3) is 1.00. The van der Waals surface area contributed by atoms with Crippen molar-refractivity contribution in [1.29, 1.82) is 0 Å². The van der Waals surface area contributed by atoms with E-state index in [2.05, 4.69) is 5.32 Å². The van der Waals surface area contributed by atoms with Gasteiger partial charge in [0, 0.05) is 13.2 Å². The van der Waals surface area contributed by atoms with Crippen molar-refractivity contribution in [2.45, 2.75) is 20.3 Å². The third-order valence-corrected chi connectivity index (χ3v) is 0.989. The van der Waals surface area contributed by atoms with Gasteiger partial charge in [-0.05, 0) is 20.0 Å². The molecule has 0 bridgehead atoms. The summed E-state index contributed by atoms with van der Waals surface area (Å²) < 4.78 is 5.17. The third-order valence-electron chi connectivity index (χ3n) is 0.989. The van der Waals surface area contributed by atoms with Crippen LogP contribution in [0.1, 0.15) is 20.3 Å². The molecule has 0 saturated heterocycles. The summed E-state index contributed by atoms with van der Waals surface area (Å²) >= 11 is 0. The van der Waals surface area contributed by atoms with Crippen molar-refractivity contribution in [3.63, 3.8) is 0 Å². The molecule has 0 atom stereocenters. The second-order valence-electron chi connectivity index (χ2n) is 1.86. The smallest absolute Gasteiger partial charge is 0.0590 e. The molecule has 0 fully saturated rings. The van der Waals surface area contributed by atoms with E-state index in [1.165, 1.54) is 0 Å². The third kappa shape index (κ3) is 17.7. The SMILES string of the molecule is CC.CNCCOCCCN. The molecule has 0 aliphatic rings. The van der Waals surface area contributed by atoms with Gasteiger partial charge in [-0.2, -0.15) is 0 Å². The van der Waals surface area contributed by atoms with Gasteiger partial charge in [0.1, 0.15) is 0 Å². The van der Waals surface area contributed by atoms with Gasteiger partial charge in [-0.15, -0.1) is 0 Å². The topological polar surface area (TPSA) is 47.3 Å². The molecule has 3 N–H and O–H groups in total. The standard InChI is InChI=1S/C6H16N2O.C2H6/c1-8-4-6-9-5-2-3-7;1-2/h8H,2-7H2,1H3;1-2H3. The van der Waals surface area contributed by atoms with Crippen molar-refractivity contribution in [2.24, 2.45) is 5.73 Å². The number of ether oxygens (including phenoxy) is 1. The minimum atomic E-state index is 0.722. The van der Waals surface area contributed by atoms with E-state index in [0.717, 1.165) is 32.7 Å². The van der Waals surface area contributed by atoms with E-state index < -0.39 is 0 Å². The number of hydrogen-bond donors (Lipinski definition) is 2. The number of rotatable bonds is 6. The lowest BCUT2D eigenvalue weighted by molar-refractivity contribution is 0.136. The summed E-state index contributed by atoms with van der Waals surface area (Å²) in [6.07, 6.45) is 0.962. The summed E-state index contributed by atoms with van der Waals surface area (Å²) in [5, 5.41) is 2.99. The van der Waals surface area contributed by atoms with Crippen LogP contribution < -0.4 is 11.1 Å². The van der Waals surface area contributed by atoms with Gasteiger partial charge >= 0.3 is 0 Å². The van der Waals surface area contributed by atoms with Gasteiger partial charge in [0.05, 0.1) is 6.61 Å². The highest BCUT2D eigenvalue weighted by molar-refractivity contribution is 4.38. The van der Waals surface area contributed by atoms with Gasteiger partial charge in [-0.1, -0.05) is 13.8 Å². The quantitative estimate of drug-likeness (QED) is 0.562. The van der Waals surface area contributed by atoms with Crippen LogP contribution in [0.15, 0.2) is 0 Å². The molecule has 3 nitrogen and oxygen atoms in total. The first-order chi connectivity index (χ1) is 5.41. The van der Waals surface area contributed by atoms with Crippen LogP contribution >= 0.6 is 0 Å². The molecule has 0 saturated carbocycles. The van der Waals surface area contributed by atoms with E-state index in [-0.39, 0.29) is 0 Å². The number of hydrogen-bond acceptors (Lipinski definition) is 3. The van der Waals surface area contributed by atoms with Crippen LogP contribution in [-0.2, 0) is 4.74 Å². The maximum atomic E-state index is 5.25. The van der Waals surface area contributed by atoms with Gasteiger partial charge in [-0.3, -0.25) is 0 Å². The Kier molecular flexibility index (Phi) is 20.2. The lowest BCUT2D eigenvalue weighted by Crippen LogP contribution is -2.15. The van der Waals surface area contributed by atoms with Crippen LogP contribution in [0.3, 0.4) is 0 Å². The van der Waals surface area contributed by atoms with Crippen LogP contribution in [-0.4, -0.2) is 33.4 Å². The Morgan fingerprint density at radius 1 is 1.27 bits per heavy atom. The van der Waals surface area contributed by atoms with Gasteiger partial charge in [0.15, 0.2) is 0 Å². The molecule has 3 heteroatoms. The minimum absolute atomic E-state index is 0.722. The fourth-order valence-electron chi connectivity index (χ4n) is 0.462. The molecular weight excluding hydrogens is 140 g/mol. The van der Waals surface area contributed by atoms with E-state index in [0.29, 0.717) is 0 Å². The molecule has 0 aliphatic carbocycles. The summed E-state index contributed by atoms with van der Waals surface area (Å²) in [7, 11) is 1.91. The van der Waals surface area contributed by atoms with Crippen LogP contribution in [0.2, 0.25) is 0 Å². The Hall–Kier alpha value is -0.120. The first-order valence-electron chi connectivity index (χ1n) is 4.34. The summed E-state index contributed by atoms with van der Waals surface area (Å²) in [6, 6.07) is 0. The molecule has 0 aromatic carbocycles. The Morgan fingerprint density at radius 2 is 1.91 bits per heavy atom. The number of nitrogens with two attached hydrogens (primary N) is 1. The fourth-order valence-corrected chi connectivity index (χ4v) is 0.462. The van der Waals surface area contributed by atoms with Crippen molar-refractivity contribution in [3.8, 4) is 0 Å².